The molecule has 4 aromatic carbocycles. The van der Waals surface area contributed by atoms with Crippen LogP contribution < -0.4 is 10.1 Å². The molecule has 0 spiro atoms. The molecule has 35 heavy (non-hydrogen) atoms. The van der Waals surface area contributed by atoms with Crippen molar-refractivity contribution in [2.75, 3.05) is 12.4 Å². The van der Waals surface area contributed by atoms with Crippen LogP contribution in [0.4, 0.5) is 18.9 Å². The number of carbonyl (C=O) groups excluding carboxylic acids is 1. The van der Waals surface area contributed by atoms with Crippen molar-refractivity contribution in [3.8, 4) is 5.75 Å². The van der Waals surface area contributed by atoms with E-state index < -0.39 is 23.1 Å². The molecule has 1 amide bonds. The van der Waals surface area contributed by atoms with E-state index in [2.05, 4.69) is 5.32 Å². The smallest absolute Gasteiger partial charge is 0.420 e. The van der Waals surface area contributed by atoms with Gasteiger partial charge in [-0.15, -0.1) is 0 Å². The van der Waals surface area contributed by atoms with Crippen molar-refractivity contribution in [2.45, 2.75) is 18.0 Å². The quantitative estimate of drug-likeness (QED) is 0.316. The van der Waals surface area contributed by atoms with E-state index in [1.165, 1.54) is 19.2 Å². The number of halogens is 3. The summed E-state index contributed by atoms with van der Waals surface area (Å²) in [6.45, 7) is 0. The zero-order valence-corrected chi connectivity index (χ0v) is 19.0. The van der Waals surface area contributed by atoms with Gasteiger partial charge in [-0.1, -0.05) is 91.0 Å². The SMILES string of the molecule is COc1ccc(NC(=O)C(Cc2ccccc2)(c2ccccc2)c2ccccc2)cc1C(F)(F)F. The largest absolute Gasteiger partial charge is 0.496 e. The van der Waals surface area contributed by atoms with Gasteiger partial charge in [0.15, 0.2) is 0 Å². The van der Waals surface area contributed by atoms with E-state index >= 15 is 0 Å². The monoisotopic (exact) mass is 475 g/mol. The van der Waals surface area contributed by atoms with E-state index in [0.717, 1.165) is 22.8 Å². The van der Waals surface area contributed by atoms with Crippen molar-refractivity contribution < 1.29 is 22.7 Å². The fraction of sp³-hybridized carbons (Fsp3) is 0.138. The third-order valence-corrected chi connectivity index (χ3v) is 6.00. The number of methoxy groups -OCH3 is 1. The Kier molecular flexibility index (Phi) is 6.92. The minimum absolute atomic E-state index is 0.0347. The summed E-state index contributed by atoms with van der Waals surface area (Å²) in [7, 11) is 1.18. The van der Waals surface area contributed by atoms with Crippen LogP contribution in [0.5, 0.6) is 5.75 Å². The van der Waals surface area contributed by atoms with Gasteiger partial charge < -0.3 is 10.1 Å². The van der Waals surface area contributed by atoms with Crippen LogP contribution in [-0.2, 0) is 22.8 Å². The Balaban J connectivity index is 1.86. The fourth-order valence-electron chi connectivity index (χ4n) is 4.31. The Morgan fingerprint density at radius 1 is 0.771 bits per heavy atom. The van der Waals surface area contributed by atoms with Gasteiger partial charge in [0.2, 0.25) is 5.91 Å². The first kappa shape index (κ1) is 24.1. The predicted molar refractivity (Wildman–Crippen MR) is 130 cm³/mol. The molecule has 6 heteroatoms. The number of hydrogen-bond acceptors (Lipinski definition) is 2. The molecule has 1 N–H and O–H groups in total. The van der Waals surface area contributed by atoms with Crippen LogP contribution >= 0.6 is 0 Å². The molecule has 0 atom stereocenters. The third-order valence-electron chi connectivity index (χ3n) is 6.00. The van der Waals surface area contributed by atoms with Gasteiger partial charge in [0.05, 0.1) is 12.7 Å². The minimum atomic E-state index is -4.63. The number of amides is 1. The summed E-state index contributed by atoms with van der Waals surface area (Å²) in [6, 6.07) is 31.7. The van der Waals surface area contributed by atoms with Crippen LogP contribution in [0.25, 0.3) is 0 Å². The number of carbonyl (C=O) groups is 1. The molecule has 0 saturated carbocycles. The second-order valence-corrected chi connectivity index (χ2v) is 8.17. The first-order valence-electron chi connectivity index (χ1n) is 11.1. The first-order chi connectivity index (χ1) is 16.8. The number of ether oxygens (including phenoxy) is 1. The maximum atomic E-state index is 14.1. The number of alkyl halides is 3. The molecule has 0 aromatic heterocycles. The first-order valence-corrected chi connectivity index (χ1v) is 11.1. The van der Waals surface area contributed by atoms with Crippen molar-refractivity contribution in [1.29, 1.82) is 0 Å². The second-order valence-electron chi connectivity index (χ2n) is 8.17. The topological polar surface area (TPSA) is 38.3 Å². The second kappa shape index (κ2) is 10.1. The third kappa shape index (κ3) is 5.06. The van der Waals surface area contributed by atoms with Crippen LogP contribution in [0.1, 0.15) is 22.3 Å². The van der Waals surface area contributed by atoms with Gasteiger partial charge in [-0.3, -0.25) is 4.79 Å². The summed E-state index contributed by atoms with van der Waals surface area (Å²) in [4.78, 5) is 14.1. The highest BCUT2D eigenvalue weighted by molar-refractivity contribution is 6.02. The lowest BCUT2D eigenvalue weighted by Gasteiger charge is -2.34. The molecule has 178 valence electrons. The molecule has 3 nitrogen and oxygen atoms in total. The van der Waals surface area contributed by atoms with Crippen LogP contribution in [-0.4, -0.2) is 13.0 Å². The maximum absolute atomic E-state index is 14.1. The number of hydrogen-bond donors (Lipinski definition) is 1. The van der Waals surface area contributed by atoms with Crippen molar-refractivity contribution in [3.63, 3.8) is 0 Å². The van der Waals surface area contributed by atoms with Crippen LogP contribution in [0.15, 0.2) is 109 Å². The number of rotatable bonds is 7. The molecule has 0 aliphatic rings. The van der Waals surface area contributed by atoms with Gasteiger partial charge in [0.1, 0.15) is 11.2 Å². The van der Waals surface area contributed by atoms with Gasteiger partial charge in [0.25, 0.3) is 0 Å². The van der Waals surface area contributed by atoms with Crippen molar-refractivity contribution in [3.05, 3.63) is 131 Å². The molecule has 0 radical (unpaired) electrons. The van der Waals surface area contributed by atoms with Gasteiger partial charge in [-0.05, 0) is 41.3 Å². The lowest BCUT2D eigenvalue weighted by Crippen LogP contribution is -2.43. The summed E-state index contributed by atoms with van der Waals surface area (Å²) in [5.74, 6) is -0.741. The van der Waals surface area contributed by atoms with E-state index in [-0.39, 0.29) is 11.4 Å². The average Bonchev–Trinajstić information content (AvgIpc) is 2.88. The normalized spacial score (nSPS) is 11.7. The summed E-state index contributed by atoms with van der Waals surface area (Å²) >= 11 is 0. The summed E-state index contributed by atoms with van der Waals surface area (Å²) in [6.07, 6.45) is -4.32. The summed E-state index contributed by atoms with van der Waals surface area (Å²) in [5, 5.41) is 2.77. The lowest BCUT2D eigenvalue weighted by atomic mass is 9.69. The highest BCUT2D eigenvalue weighted by Crippen LogP contribution is 2.40. The average molecular weight is 476 g/mol. The fourth-order valence-corrected chi connectivity index (χ4v) is 4.31. The molecule has 0 aliphatic heterocycles. The molecular weight excluding hydrogens is 451 g/mol. The van der Waals surface area contributed by atoms with E-state index in [0.29, 0.717) is 6.42 Å². The molecule has 0 saturated heterocycles. The highest BCUT2D eigenvalue weighted by Gasteiger charge is 2.42. The molecule has 4 rings (SSSR count). The number of nitrogens with one attached hydrogen (secondary N) is 1. The molecule has 0 heterocycles. The Labute approximate surface area is 202 Å². The van der Waals surface area contributed by atoms with Gasteiger partial charge in [-0.25, -0.2) is 0 Å². The van der Waals surface area contributed by atoms with Crippen molar-refractivity contribution >= 4 is 11.6 Å². The zero-order chi connectivity index (χ0) is 24.9. The van der Waals surface area contributed by atoms with E-state index in [1.54, 1.807) is 0 Å². The van der Waals surface area contributed by atoms with Crippen molar-refractivity contribution in [2.24, 2.45) is 0 Å². The zero-order valence-electron chi connectivity index (χ0n) is 19.0. The van der Waals surface area contributed by atoms with Crippen LogP contribution in [0.2, 0.25) is 0 Å². The molecule has 0 unspecified atom stereocenters. The van der Waals surface area contributed by atoms with Crippen molar-refractivity contribution in [1.82, 2.24) is 0 Å². The van der Waals surface area contributed by atoms with Crippen LogP contribution in [0, 0.1) is 0 Å². The van der Waals surface area contributed by atoms with Crippen LogP contribution in [0.3, 0.4) is 0 Å². The van der Waals surface area contributed by atoms with Gasteiger partial charge in [-0.2, -0.15) is 13.2 Å². The Bertz CT molecular complexity index is 1230. The molecule has 0 aliphatic carbocycles. The van der Waals surface area contributed by atoms with Gasteiger partial charge >= 0.3 is 6.18 Å². The molecule has 4 aromatic rings. The molecule has 0 fully saturated rings. The Morgan fingerprint density at radius 3 is 1.77 bits per heavy atom. The Hall–Kier alpha value is -4.06. The molecule has 0 bridgehead atoms. The molecular formula is C29H24F3NO2. The van der Waals surface area contributed by atoms with E-state index in [1.807, 2.05) is 91.0 Å². The summed E-state index contributed by atoms with van der Waals surface area (Å²) < 4.78 is 45.7. The van der Waals surface area contributed by atoms with Gasteiger partial charge in [0, 0.05) is 5.69 Å². The standard InChI is InChI=1S/C29H24F3NO2/c1-35-26-18-17-24(19-25(26)29(30,31)32)33-27(34)28(22-13-7-3-8-14-22,23-15-9-4-10-16-23)20-21-11-5-2-6-12-21/h2-19H,20H2,1H3,(H,33,34). The Morgan fingerprint density at radius 2 is 1.29 bits per heavy atom. The predicted octanol–water partition coefficient (Wildman–Crippen LogP) is 6.88. The maximum Gasteiger partial charge on any atom is 0.420 e. The minimum Gasteiger partial charge on any atom is -0.496 e. The van der Waals surface area contributed by atoms with E-state index in [9.17, 15) is 18.0 Å². The lowest BCUT2D eigenvalue weighted by molar-refractivity contribution is -0.138. The highest BCUT2D eigenvalue weighted by atomic mass is 19.4. The van der Waals surface area contributed by atoms with E-state index in [4.69, 9.17) is 4.74 Å². The summed E-state index contributed by atoms with van der Waals surface area (Å²) in [5.41, 5.74) is 0.274. The number of benzene rings is 4. The number of anilines is 1.